The second kappa shape index (κ2) is 3.46. The third-order valence-electron chi connectivity index (χ3n) is 4.56. The van der Waals surface area contributed by atoms with Crippen LogP contribution in [0.1, 0.15) is 36.0 Å². The van der Waals surface area contributed by atoms with Crippen molar-refractivity contribution in [2.24, 2.45) is 5.92 Å². The average molecular weight is 225 g/mol. The van der Waals surface area contributed by atoms with Gasteiger partial charge >= 0.3 is 0 Å². The molecule has 1 atom stereocenters. The monoisotopic (exact) mass is 225 g/mol. The number of hydrogen-bond donors (Lipinski definition) is 1. The zero-order valence-corrected chi connectivity index (χ0v) is 10.4. The molecule has 1 aromatic rings. The summed E-state index contributed by atoms with van der Waals surface area (Å²) in [5.74, 6) is 0.940. The fourth-order valence-electron chi connectivity index (χ4n) is 3.60. The summed E-state index contributed by atoms with van der Waals surface area (Å²) < 4.78 is 0. The number of nitrogens with one attached hydrogen (secondary N) is 1. The summed E-state index contributed by atoms with van der Waals surface area (Å²) in [6.07, 6.45) is 5.31. The summed E-state index contributed by atoms with van der Waals surface area (Å²) >= 11 is 0. The van der Waals surface area contributed by atoms with E-state index < -0.39 is 0 Å². The molecule has 0 bridgehead atoms. The predicted molar refractivity (Wildman–Crippen MR) is 70.9 cm³/mol. The molecule has 1 unspecified atom stereocenters. The first-order valence-electron chi connectivity index (χ1n) is 6.88. The molecule has 0 spiro atoms. The van der Waals surface area contributed by atoms with Crippen LogP contribution >= 0.6 is 0 Å². The third-order valence-corrected chi connectivity index (χ3v) is 4.56. The Bertz CT molecular complexity index is 508. The van der Waals surface area contributed by atoms with Crippen LogP contribution in [0.5, 0.6) is 0 Å². The number of benzene rings is 1. The Labute approximate surface area is 103 Å². The third kappa shape index (κ3) is 1.49. The van der Waals surface area contributed by atoms with Crippen molar-refractivity contribution in [3.8, 4) is 0 Å². The molecule has 4 rings (SSSR count). The SMILES string of the molecule is Cc1ccc2c(c1)CC1=C2CCNC1C1CC1. The maximum Gasteiger partial charge on any atom is 0.0317 e. The van der Waals surface area contributed by atoms with Crippen molar-refractivity contribution >= 4 is 5.57 Å². The van der Waals surface area contributed by atoms with Crippen molar-refractivity contribution in [2.45, 2.75) is 38.6 Å². The molecule has 1 heteroatoms. The van der Waals surface area contributed by atoms with Crippen molar-refractivity contribution in [3.05, 3.63) is 40.5 Å². The van der Waals surface area contributed by atoms with E-state index in [1.54, 1.807) is 22.3 Å². The quantitative estimate of drug-likeness (QED) is 0.774. The first-order chi connectivity index (χ1) is 8.33. The zero-order chi connectivity index (χ0) is 11.4. The van der Waals surface area contributed by atoms with E-state index in [1.165, 1.54) is 37.8 Å². The average Bonchev–Trinajstić information content (AvgIpc) is 3.09. The highest BCUT2D eigenvalue weighted by Crippen LogP contribution is 2.45. The van der Waals surface area contributed by atoms with Gasteiger partial charge in [0.2, 0.25) is 0 Å². The van der Waals surface area contributed by atoms with Gasteiger partial charge in [0.05, 0.1) is 0 Å². The molecule has 1 aliphatic heterocycles. The Hall–Kier alpha value is -1.08. The van der Waals surface area contributed by atoms with Crippen molar-refractivity contribution in [1.82, 2.24) is 5.32 Å². The molecular weight excluding hydrogens is 206 g/mol. The summed E-state index contributed by atoms with van der Waals surface area (Å²) in [6.45, 7) is 3.38. The van der Waals surface area contributed by atoms with Gasteiger partial charge in [-0.2, -0.15) is 0 Å². The maximum absolute atomic E-state index is 3.74. The van der Waals surface area contributed by atoms with E-state index in [0.717, 1.165) is 5.92 Å². The standard InChI is InChI=1S/C16H19N/c1-10-2-5-13-12(8-10)9-15-14(13)6-7-17-16(15)11-3-4-11/h2,5,8,11,16-17H,3-4,6-7,9H2,1H3. The van der Waals surface area contributed by atoms with Gasteiger partial charge in [0.25, 0.3) is 0 Å². The van der Waals surface area contributed by atoms with Crippen molar-refractivity contribution in [3.63, 3.8) is 0 Å². The van der Waals surface area contributed by atoms with Crippen LogP contribution in [0.2, 0.25) is 0 Å². The smallest absolute Gasteiger partial charge is 0.0317 e. The molecule has 1 aromatic carbocycles. The van der Waals surface area contributed by atoms with Crippen LogP contribution in [0.3, 0.4) is 0 Å². The predicted octanol–water partition coefficient (Wildman–Crippen LogP) is 3.08. The summed E-state index contributed by atoms with van der Waals surface area (Å²) in [7, 11) is 0. The molecule has 1 fully saturated rings. The number of hydrogen-bond acceptors (Lipinski definition) is 1. The highest BCUT2D eigenvalue weighted by atomic mass is 14.9. The molecule has 1 heterocycles. The number of fused-ring (bicyclic) bond motifs is 2. The highest BCUT2D eigenvalue weighted by molar-refractivity contribution is 5.78. The first-order valence-corrected chi connectivity index (χ1v) is 6.88. The summed E-state index contributed by atoms with van der Waals surface area (Å²) in [4.78, 5) is 0. The molecule has 1 N–H and O–H groups in total. The van der Waals surface area contributed by atoms with Gasteiger partial charge in [-0.05, 0) is 67.3 Å². The molecule has 88 valence electrons. The molecule has 0 amide bonds. The van der Waals surface area contributed by atoms with E-state index in [4.69, 9.17) is 0 Å². The van der Waals surface area contributed by atoms with Gasteiger partial charge in [-0.25, -0.2) is 0 Å². The maximum atomic E-state index is 3.74. The summed E-state index contributed by atoms with van der Waals surface area (Å²) in [6, 6.07) is 7.70. The molecular formula is C16H19N. The Morgan fingerprint density at radius 2 is 2.12 bits per heavy atom. The van der Waals surface area contributed by atoms with E-state index in [1.807, 2.05) is 0 Å². The van der Waals surface area contributed by atoms with Crippen LogP contribution in [0.15, 0.2) is 23.8 Å². The zero-order valence-electron chi connectivity index (χ0n) is 10.4. The molecule has 0 saturated heterocycles. The molecule has 2 aliphatic carbocycles. The lowest BCUT2D eigenvalue weighted by Gasteiger charge is -2.26. The lowest BCUT2D eigenvalue weighted by Crippen LogP contribution is -2.37. The Morgan fingerprint density at radius 1 is 1.24 bits per heavy atom. The van der Waals surface area contributed by atoms with Crippen LogP contribution in [0, 0.1) is 12.8 Å². The van der Waals surface area contributed by atoms with Crippen LogP contribution in [0.25, 0.3) is 5.57 Å². The molecule has 17 heavy (non-hydrogen) atoms. The second-order valence-corrected chi connectivity index (χ2v) is 5.86. The molecule has 3 aliphatic rings. The molecule has 0 radical (unpaired) electrons. The van der Waals surface area contributed by atoms with Crippen LogP contribution in [-0.2, 0) is 6.42 Å². The fourth-order valence-corrected chi connectivity index (χ4v) is 3.60. The van der Waals surface area contributed by atoms with E-state index in [0.29, 0.717) is 6.04 Å². The van der Waals surface area contributed by atoms with Gasteiger partial charge in [0, 0.05) is 6.04 Å². The van der Waals surface area contributed by atoms with E-state index in [-0.39, 0.29) is 0 Å². The van der Waals surface area contributed by atoms with Crippen molar-refractivity contribution < 1.29 is 0 Å². The number of rotatable bonds is 1. The van der Waals surface area contributed by atoms with Gasteiger partial charge in [-0.15, -0.1) is 0 Å². The normalized spacial score (nSPS) is 27.0. The fraction of sp³-hybridized carbons (Fsp3) is 0.500. The first kappa shape index (κ1) is 9.90. The minimum Gasteiger partial charge on any atom is -0.310 e. The van der Waals surface area contributed by atoms with Gasteiger partial charge < -0.3 is 5.32 Å². The highest BCUT2D eigenvalue weighted by Gasteiger charge is 2.38. The molecule has 1 nitrogen and oxygen atoms in total. The largest absolute Gasteiger partial charge is 0.310 e. The Morgan fingerprint density at radius 3 is 2.94 bits per heavy atom. The lowest BCUT2D eigenvalue weighted by molar-refractivity contribution is 0.503. The van der Waals surface area contributed by atoms with Crippen LogP contribution in [-0.4, -0.2) is 12.6 Å². The van der Waals surface area contributed by atoms with Crippen molar-refractivity contribution in [1.29, 1.82) is 0 Å². The second-order valence-electron chi connectivity index (χ2n) is 5.86. The summed E-state index contributed by atoms with van der Waals surface area (Å²) in [5.41, 5.74) is 7.93. The number of aryl methyl sites for hydroxylation is 1. The van der Waals surface area contributed by atoms with E-state index in [9.17, 15) is 0 Å². The van der Waals surface area contributed by atoms with Crippen molar-refractivity contribution in [2.75, 3.05) is 6.54 Å². The van der Waals surface area contributed by atoms with E-state index >= 15 is 0 Å². The van der Waals surface area contributed by atoms with Gasteiger partial charge in [0.15, 0.2) is 0 Å². The minimum atomic E-state index is 0.700. The van der Waals surface area contributed by atoms with Gasteiger partial charge in [-0.3, -0.25) is 0 Å². The Kier molecular flexibility index (Phi) is 2.01. The van der Waals surface area contributed by atoms with Crippen LogP contribution < -0.4 is 5.32 Å². The Balaban J connectivity index is 1.78. The summed E-state index contributed by atoms with van der Waals surface area (Å²) in [5, 5.41) is 3.74. The topological polar surface area (TPSA) is 12.0 Å². The van der Waals surface area contributed by atoms with Gasteiger partial charge in [-0.1, -0.05) is 23.8 Å². The molecule has 0 aromatic heterocycles. The molecule has 1 saturated carbocycles. The van der Waals surface area contributed by atoms with Crippen LogP contribution in [0.4, 0.5) is 0 Å². The minimum absolute atomic E-state index is 0.700. The van der Waals surface area contributed by atoms with E-state index in [2.05, 4.69) is 30.4 Å². The van der Waals surface area contributed by atoms with Gasteiger partial charge in [0.1, 0.15) is 0 Å². The lowest BCUT2D eigenvalue weighted by atomic mass is 9.92.